The maximum absolute atomic E-state index is 10.7. The molecule has 1 aromatic heterocycles. The van der Waals surface area contributed by atoms with Crippen molar-refractivity contribution in [3.05, 3.63) is 30.1 Å². The Morgan fingerprint density at radius 3 is 2.33 bits per heavy atom. The Morgan fingerprint density at radius 1 is 1.42 bits per heavy atom. The molecule has 0 aromatic carbocycles. The van der Waals surface area contributed by atoms with Crippen LogP contribution in [0, 0.1) is 0 Å². The minimum Gasteiger partial charge on any atom is -0.295 e. The number of hydrogen-bond donors (Lipinski definition) is 2. The molecule has 0 aliphatic carbocycles. The minimum atomic E-state index is -0.303. The molecule has 3 N–H and O–H groups in total. The molecule has 1 amide bonds. The van der Waals surface area contributed by atoms with Gasteiger partial charge in [-0.15, -0.1) is 0 Å². The maximum atomic E-state index is 10.7. The van der Waals surface area contributed by atoms with E-state index in [0.717, 1.165) is 0 Å². The summed E-state index contributed by atoms with van der Waals surface area (Å²) in [6, 6.07) is 3.17. The van der Waals surface area contributed by atoms with Crippen molar-refractivity contribution < 1.29 is 9.59 Å². The summed E-state index contributed by atoms with van der Waals surface area (Å²) < 4.78 is 0. The average molecular weight is 166 g/mol. The third kappa shape index (κ3) is 2.89. The topological polar surface area (TPSA) is 85.1 Å². The highest BCUT2D eigenvalue weighted by Gasteiger charge is 1.98. The molecule has 63 valence electrons. The second kappa shape index (κ2) is 5.99. The van der Waals surface area contributed by atoms with Crippen LogP contribution in [0.25, 0.3) is 0 Å². The molecule has 0 bridgehead atoms. The standard InChI is InChI=1S/C6H7N3O.CHO/c7-9-6(10)5-1-3-8-4-2-5;1-2/h1-4H,7H2,(H,9,10);1H. The Kier molecular flexibility index (Phi) is 5.12. The van der Waals surface area contributed by atoms with Crippen molar-refractivity contribution in [2.45, 2.75) is 0 Å². The van der Waals surface area contributed by atoms with Crippen molar-refractivity contribution in [1.82, 2.24) is 10.4 Å². The highest BCUT2D eigenvalue weighted by atomic mass is 16.2. The number of hydrogen-bond acceptors (Lipinski definition) is 4. The maximum Gasteiger partial charge on any atom is 0.265 e. The molecule has 0 spiro atoms. The van der Waals surface area contributed by atoms with E-state index in [2.05, 4.69) is 11.8 Å². The van der Waals surface area contributed by atoms with Gasteiger partial charge in [-0.1, -0.05) is 0 Å². The Labute approximate surface area is 69.6 Å². The number of pyridine rings is 1. The van der Waals surface area contributed by atoms with E-state index in [1.807, 2.05) is 5.43 Å². The van der Waals surface area contributed by atoms with E-state index in [-0.39, 0.29) is 5.91 Å². The van der Waals surface area contributed by atoms with E-state index in [9.17, 15) is 4.79 Å². The first-order valence-electron chi connectivity index (χ1n) is 2.99. The Morgan fingerprint density at radius 2 is 1.92 bits per heavy atom. The lowest BCUT2D eigenvalue weighted by Gasteiger charge is -1.95. The zero-order valence-corrected chi connectivity index (χ0v) is 6.23. The largest absolute Gasteiger partial charge is 0.295 e. The lowest BCUT2D eigenvalue weighted by atomic mass is 10.3. The van der Waals surface area contributed by atoms with Gasteiger partial charge in [0.05, 0.1) is 0 Å². The van der Waals surface area contributed by atoms with Gasteiger partial charge in [0, 0.05) is 18.0 Å². The summed E-state index contributed by atoms with van der Waals surface area (Å²) in [6.07, 6.45) is 3.06. The van der Waals surface area contributed by atoms with Gasteiger partial charge in [-0.05, 0) is 12.1 Å². The summed E-state index contributed by atoms with van der Waals surface area (Å²) in [6.45, 7) is 3.25. The molecule has 0 saturated carbocycles. The van der Waals surface area contributed by atoms with E-state index in [4.69, 9.17) is 10.6 Å². The number of nitrogen functional groups attached to an aromatic ring is 1. The number of nitrogens with zero attached hydrogens (tertiary/aromatic N) is 1. The first-order chi connectivity index (χ1) is 5.84. The van der Waals surface area contributed by atoms with Gasteiger partial charge in [-0.25, -0.2) is 5.84 Å². The number of carbonyl (C=O) groups is 1. The van der Waals surface area contributed by atoms with Crippen LogP contribution < -0.4 is 11.3 Å². The molecule has 0 saturated heterocycles. The van der Waals surface area contributed by atoms with E-state index in [0.29, 0.717) is 5.56 Å². The monoisotopic (exact) mass is 166 g/mol. The molecule has 5 nitrogen and oxygen atoms in total. The smallest absolute Gasteiger partial charge is 0.265 e. The molecule has 0 atom stereocenters. The van der Waals surface area contributed by atoms with Crippen LogP contribution in [0.1, 0.15) is 10.4 Å². The Balaban J connectivity index is 0.000000561. The molecule has 0 aliphatic heterocycles. The van der Waals surface area contributed by atoms with Crippen molar-refractivity contribution in [2.24, 2.45) is 5.84 Å². The Hall–Kier alpha value is -1.75. The number of nitrogens with one attached hydrogen (secondary N) is 1. The van der Waals surface area contributed by atoms with Gasteiger partial charge in [-0.3, -0.25) is 20.0 Å². The van der Waals surface area contributed by atoms with Crippen molar-refractivity contribution in [3.8, 4) is 0 Å². The third-order valence-corrected chi connectivity index (χ3v) is 1.07. The van der Waals surface area contributed by atoms with Crippen LogP contribution in [0.4, 0.5) is 0 Å². The van der Waals surface area contributed by atoms with Crippen LogP contribution in [-0.2, 0) is 4.79 Å². The predicted molar refractivity (Wildman–Crippen MR) is 42.6 cm³/mol. The van der Waals surface area contributed by atoms with Gasteiger partial charge in [-0.2, -0.15) is 0 Å². The van der Waals surface area contributed by atoms with Crippen LogP contribution in [0.5, 0.6) is 0 Å². The molecular formula is C7H8N3O2. The van der Waals surface area contributed by atoms with E-state index in [1.54, 1.807) is 12.1 Å². The number of hydrazine groups is 1. The Bertz CT molecular complexity index is 238. The summed E-state index contributed by atoms with van der Waals surface area (Å²) in [4.78, 5) is 22.2. The molecule has 12 heavy (non-hydrogen) atoms. The lowest BCUT2D eigenvalue weighted by molar-refractivity contribution is 0.0953. The molecule has 0 fully saturated rings. The molecule has 0 aliphatic rings. The van der Waals surface area contributed by atoms with Gasteiger partial charge < -0.3 is 0 Å². The summed E-state index contributed by atoms with van der Waals surface area (Å²) >= 11 is 0. The van der Waals surface area contributed by atoms with Crippen molar-refractivity contribution in [2.75, 3.05) is 0 Å². The van der Waals surface area contributed by atoms with E-state index in [1.165, 1.54) is 12.4 Å². The fourth-order valence-corrected chi connectivity index (χ4v) is 0.587. The average Bonchev–Trinajstić information content (AvgIpc) is 2.21. The zero-order chi connectivity index (χ0) is 9.40. The quantitative estimate of drug-likeness (QED) is 0.253. The second-order valence-electron chi connectivity index (χ2n) is 1.71. The molecule has 1 aromatic rings. The van der Waals surface area contributed by atoms with Crippen molar-refractivity contribution >= 4 is 12.7 Å². The van der Waals surface area contributed by atoms with E-state index < -0.39 is 0 Å². The SMILES string of the molecule is NNC(=O)c1ccncc1.[CH]=O. The third-order valence-electron chi connectivity index (χ3n) is 1.07. The number of nitrogens with two attached hydrogens (primary N) is 1. The fourth-order valence-electron chi connectivity index (χ4n) is 0.587. The first-order valence-corrected chi connectivity index (χ1v) is 2.99. The molecule has 1 rings (SSSR count). The van der Waals surface area contributed by atoms with Crippen molar-refractivity contribution in [1.29, 1.82) is 0 Å². The van der Waals surface area contributed by atoms with Crippen LogP contribution >= 0.6 is 0 Å². The number of carbonyl (C=O) groups excluding carboxylic acids is 2. The summed E-state index contributed by atoms with van der Waals surface area (Å²) in [5.41, 5.74) is 2.53. The summed E-state index contributed by atoms with van der Waals surface area (Å²) in [5, 5.41) is 0. The summed E-state index contributed by atoms with van der Waals surface area (Å²) in [7, 11) is 0. The van der Waals surface area contributed by atoms with Crippen LogP contribution in [0.15, 0.2) is 24.5 Å². The summed E-state index contributed by atoms with van der Waals surface area (Å²) in [5.74, 6) is 4.58. The zero-order valence-electron chi connectivity index (χ0n) is 6.23. The normalized spacial score (nSPS) is 7.75. The lowest BCUT2D eigenvalue weighted by Crippen LogP contribution is -2.29. The minimum absolute atomic E-state index is 0.303. The predicted octanol–water partition coefficient (Wildman–Crippen LogP) is -0.589. The van der Waals surface area contributed by atoms with Gasteiger partial charge in [0.1, 0.15) is 0 Å². The van der Waals surface area contributed by atoms with Gasteiger partial charge in [0.15, 0.2) is 6.79 Å². The molecular weight excluding hydrogens is 158 g/mol. The highest BCUT2D eigenvalue weighted by molar-refractivity contribution is 5.93. The molecule has 5 heteroatoms. The van der Waals surface area contributed by atoms with Crippen LogP contribution in [0.2, 0.25) is 0 Å². The van der Waals surface area contributed by atoms with Crippen LogP contribution in [0.3, 0.4) is 0 Å². The van der Waals surface area contributed by atoms with Gasteiger partial charge in [0.25, 0.3) is 5.91 Å². The number of rotatable bonds is 1. The number of aromatic nitrogens is 1. The fraction of sp³-hybridized carbons (Fsp3) is 0. The van der Waals surface area contributed by atoms with Crippen molar-refractivity contribution in [3.63, 3.8) is 0 Å². The number of amides is 1. The van der Waals surface area contributed by atoms with E-state index >= 15 is 0 Å². The first kappa shape index (κ1) is 10.2. The highest BCUT2D eigenvalue weighted by Crippen LogP contribution is 1.93. The van der Waals surface area contributed by atoms with Gasteiger partial charge >= 0.3 is 0 Å². The molecule has 1 heterocycles. The second-order valence-corrected chi connectivity index (χ2v) is 1.71. The van der Waals surface area contributed by atoms with Crippen LogP contribution in [-0.4, -0.2) is 17.7 Å². The molecule has 1 radical (unpaired) electrons. The van der Waals surface area contributed by atoms with Gasteiger partial charge in [0.2, 0.25) is 0 Å². The molecule has 0 unspecified atom stereocenters.